The van der Waals surface area contributed by atoms with Crippen LogP contribution in [-0.2, 0) is 0 Å². The van der Waals surface area contributed by atoms with Crippen LogP contribution in [0.15, 0.2) is 186 Å². The fourth-order valence-corrected chi connectivity index (χ4v) is 9.39. The van der Waals surface area contributed by atoms with E-state index in [4.69, 9.17) is 19.4 Å². The van der Waals surface area contributed by atoms with Gasteiger partial charge in [0.2, 0.25) is 0 Å². The van der Waals surface area contributed by atoms with Crippen molar-refractivity contribution in [2.24, 2.45) is 0 Å². The molecule has 0 fully saturated rings. The van der Waals surface area contributed by atoms with Crippen LogP contribution in [0.4, 0.5) is 0 Å². The molecule has 0 spiro atoms. The summed E-state index contributed by atoms with van der Waals surface area (Å²) in [6.45, 7) is 0. The molecule has 0 radical (unpaired) electrons. The molecule has 0 aliphatic rings. The number of aromatic nitrogens is 4. The van der Waals surface area contributed by atoms with Gasteiger partial charge in [0.1, 0.15) is 11.2 Å². The maximum Gasteiger partial charge on any atom is 0.164 e. The largest absolute Gasteiger partial charge is 0.456 e. The lowest BCUT2D eigenvalue weighted by molar-refractivity contribution is 0.669. The van der Waals surface area contributed by atoms with E-state index in [9.17, 15) is 0 Å². The Morgan fingerprint density at radius 2 is 0.877 bits per heavy atom. The van der Waals surface area contributed by atoms with Crippen LogP contribution >= 0.6 is 11.3 Å². The summed E-state index contributed by atoms with van der Waals surface area (Å²) in [7, 11) is 0. The van der Waals surface area contributed by atoms with Gasteiger partial charge in [0, 0.05) is 64.1 Å². The van der Waals surface area contributed by atoms with Crippen molar-refractivity contribution in [3.8, 4) is 51.0 Å². The molecule has 12 rings (SSSR count). The second kappa shape index (κ2) is 12.6. The highest BCUT2D eigenvalue weighted by atomic mass is 32.1. The fourth-order valence-electron chi connectivity index (χ4n) is 8.32. The SMILES string of the molecule is c1ccc(-c2nc(-c3ccc4c(c3)oc3ccccc34)nc(-c3ccc4sc5ccc(-c6ccc7c(c6)c6ccccc6n7-c6ccccc6)cc5c4c3)n2)cc1. The summed E-state index contributed by atoms with van der Waals surface area (Å²) < 4.78 is 11.1. The third kappa shape index (κ3) is 5.19. The van der Waals surface area contributed by atoms with Crippen molar-refractivity contribution in [1.82, 2.24) is 19.5 Å². The van der Waals surface area contributed by atoms with Gasteiger partial charge >= 0.3 is 0 Å². The molecule has 4 aromatic heterocycles. The Morgan fingerprint density at radius 1 is 0.351 bits per heavy atom. The second-order valence-electron chi connectivity index (χ2n) is 14.4. The monoisotopic (exact) mass is 746 g/mol. The molecule has 0 bridgehead atoms. The summed E-state index contributed by atoms with van der Waals surface area (Å²) in [6.07, 6.45) is 0. The lowest BCUT2D eigenvalue weighted by atomic mass is 10.00. The van der Waals surface area contributed by atoms with Crippen LogP contribution in [0.3, 0.4) is 0 Å². The van der Waals surface area contributed by atoms with Crippen molar-refractivity contribution in [2.45, 2.75) is 0 Å². The fraction of sp³-hybridized carbons (Fsp3) is 0. The van der Waals surface area contributed by atoms with Crippen molar-refractivity contribution in [1.29, 1.82) is 0 Å². The minimum absolute atomic E-state index is 0.600. The molecule has 0 amide bonds. The zero-order valence-electron chi connectivity index (χ0n) is 30.4. The van der Waals surface area contributed by atoms with Gasteiger partial charge in [-0.15, -0.1) is 11.3 Å². The Balaban J connectivity index is 0.990. The van der Waals surface area contributed by atoms with Crippen LogP contribution in [0, 0.1) is 0 Å². The molecule has 0 N–H and O–H groups in total. The van der Waals surface area contributed by atoms with Crippen molar-refractivity contribution >= 4 is 75.3 Å². The minimum atomic E-state index is 0.600. The summed E-state index contributed by atoms with van der Waals surface area (Å²) in [5.74, 6) is 1.85. The third-order valence-electron chi connectivity index (χ3n) is 11.1. The zero-order valence-corrected chi connectivity index (χ0v) is 31.2. The van der Waals surface area contributed by atoms with Crippen LogP contribution in [0.2, 0.25) is 0 Å². The molecular weight excluding hydrogens is 717 g/mol. The van der Waals surface area contributed by atoms with E-state index in [1.54, 1.807) is 0 Å². The minimum Gasteiger partial charge on any atom is -0.456 e. The molecule has 8 aromatic carbocycles. The first-order chi connectivity index (χ1) is 28.2. The average molecular weight is 747 g/mol. The first-order valence-corrected chi connectivity index (χ1v) is 19.8. The third-order valence-corrected chi connectivity index (χ3v) is 12.2. The molecule has 0 saturated carbocycles. The lowest BCUT2D eigenvalue weighted by Crippen LogP contribution is -2.00. The smallest absolute Gasteiger partial charge is 0.164 e. The number of furan rings is 1. The van der Waals surface area contributed by atoms with Crippen molar-refractivity contribution in [3.05, 3.63) is 182 Å². The number of nitrogens with zero attached hydrogens (tertiary/aromatic N) is 4. The van der Waals surface area contributed by atoms with Gasteiger partial charge in [-0.25, -0.2) is 15.0 Å². The van der Waals surface area contributed by atoms with Gasteiger partial charge in [0.05, 0.1) is 11.0 Å². The molecule has 0 aliphatic heterocycles. The molecule has 0 unspecified atom stereocenters. The van der Waals surface area contributed by atoms with Crippen LogP contribution in [-0.4, -0.2) is 19.5 Å². The van der Waals surface area contributed by atoms with Gasteiger partial charge < -0.3 is 8.98 Å². The van der Waals surface area contributed by atoms with Gasteiger partial charge in [-0.2, -0.15) is 0 Å². The normalized spacial score (nSPS) is 11.9. The van der Waals surface area contributed by atoms with E-state index in [-0.39, 0.29) is 0 Å². The van der Waals surface area contributed by atoms with E-state index >= 15 is 0 Å². The van der Waals surface area contributed by atoms with Gasteiger partial charge in [-0.1, -0.05) is 103 Å². The Kier molecular flexibility index (Phi) is 7.03. The number of para-hydroxylation sites is 3. The number of thiophene rings is 1. The summed E-state index contributed by atoms with van der Waals surface area (Å²) in [5.41, 5.74) is 10.3. The Morgan fingerprint density at radius 3 is 1.65 bits per heavy atom. The molecule has 12 aromatic rings. The van der Waals surface area contributed by atoms with Crippen LogP contribution < -0.4 is 0 Å². The van der Waals surface area contributed by atoms with Crippen LogP contribution in [0.25, 0.3) is 115 Å². The number of benzene rings is 8. The molecule has 0 atom stereocenters. The Bertz CT molecular complexity index is 3530. The van der Waals surface area contributed by atoms with E-state index in [2.05, 4.69) is 132 Å². The standard InChI is InChI=1S/C51H30N4OS/c1-3-11-31(12-4-1)49-52-50(54-51(53-49)35-19-23-39-38-16-8-10-18-45(38)56-46(39)30-35)34-22-26-48-42(29-34)41-28-33(21-25-47(41)57-48)32-20-24-44-40(27-32)37-15-7-9-17-43(37)55(44)36-13-5-2-6-14-36/h1-30H. The molecule has 57 heavy (non-hydrogen) atoms. The summed E-state index contributed by atoms with van der Waals surface area (Å²) in [4.78, 5) is 15.2. The Labute approximate surface area is 330 Å². The van der Waals surface area contributed by atoms with Crippen molar-refractivity contribution in [3.63, 3.8) is 0 Å². The van der Waals surface area contributed by atoms with Crippen LogP contribution in [0.5, 0.6) is 0 Å². The highest BCUT2D eigenvalue weighted by Crippen LogP contribution is 2.40. The molecule has 5 nitrogen and oxygen atoms in total. The second-order valence-corrected chi connectivity index (χ2v) is 15.5. The predicted octanol–water partition coefficient (Wildman–Crippen LogP) is 13.9. The summed E-state index contributed by atoms with van der Waals surface area (Å²) >= 11 is 1.81. The number of hydrogen-bond acceptors (Lipinski definition) is 5. The maximum atomic E-state index is 6.25. The number of fused-ring (bicyclic) bond motifs is 9. The molecule has 266 valence electrons. The first-order valence-electron chi connectivity index (χ1n) is 19.0. The van der Waals surface area contributed by atoms with Gasteiger partial charge in [0.15, 0.2) is 17.5 Å². The highest BCUT2D eigenvalue weighted by Gasteiger charge is 2.17. The zero-order chi connectivity index (χ0) is 37.5. The predicted molar refractivity (Wildman–Crippen MR) is 236 cm³/mol. The van der Waals surface area contributed by atoms with Crippen molar-refractivity contribution < 1.29 is 4.42 Å². The topological polar surface area (TPSA) is 56.7 Å². The molecule has 4 heterocycles. The van der Waals surface area contributed by atoms with E-state index in [0.717, 1.165) is 44.3 Å². The highest BCUT2D eigenvalue weighted by molar-refractivity contribution is 7.25. The van der Waals surface area contributed by atoms with Gasteiger partial charge in [0.25, 0.3) is 0 Å². The van der Waals surface area contributed by atoms with Gasteiger partial charge in [-0.3, -0.25) is 0 Å². The summed E-state index contributed by atoms with van der Waals surface area (Å²) in [5, 5.41) is 7.05. The quantitative estimate of drug-likeness (QED) is 0.176. The molecule has 6 heteroatoms. The summed E-state index contributed by atoms with van der Waals surface area (Å²) in [6, 6.07) is 64.0. The Hall–Kier alpha value is -7.41. The molecular formula is C51H30N4OS. The number of rotatable bonds is 5. The number of hydrogen-bond donors (Lipinski definition) is 0. The lowest BCUT2D eigenvalue weighted by Gasteiger charge is -2.09. The maximum absolute atomic E-state index is 6.25. The van der Waals surface area contributed by atoms with E-state index < -0.39 is 0 Å². The van der Waals surface area contributed by atoms with E-state index in [1.807, 2.05) is 65.9 Å². The van der Waals surface area contributed by atoms with Crippen molar-refractivity contribution in [2.75, 3.05) is 0 Å². The molecule has 0 saturated heterocycles. The van der Waals surface area contributed by atoms with E-state index in [1.165, 1.54) is 53.1 Å². The molecule has 0 aliphatic carbocycles. The first kappa shape index (κ1) is 31.9. The van der Waals surface area contributed by atoms with Gasteiger partial charge in [-0.05, 0) is 90.0 Å². The average Bonchev–Trinajstić information content (AvgIpc) is 3.95. The van der Waals surface area contributed by atoms with Crippen LogP contribution in [0.1, 0.15) is 0 Å². The van der Waals surface area contributed by atoms with E-state index in [0.29, 0.717) is 17.5 Å².